The molecule has 1 fully saturated rings. The molecule has 1 saturated heterocycles. The van der Waals surface area contributed by atoms with E-state index in [4.69, 9.17) is 4.74 Å². The minimum absolute atomic E-state index is 0.0325. The fraction of sp³-hybridized carbons (Fsp3) is 0.318. The summed E-state index contributed by atoms with van der Waals surface area (Å²) >= 11 is 0. The van der Waals surface area contributed by atoms with Crippen LogP contribution in [0.3, 0.4) is 0 Å². The van der Waals surface area contributed by atoms with Gasteiger partial charge in [-0.05, 0) is 31.0 Å². The van der Waals surface area contributed by atoms with Crippen molar-refractivity contribution in [2.45, 2.75) is 25.8 Å². The van der Waals surface area contributed by atoms with Gasteiger partial charge in [-0.25, -0.2) is 0 Å². The lowest BCUT2D eigenvalue weighted by Gasteiger charge is -2.33. The second kappa shape index (κ2) is 8.16. The standard InChI is InChI=1S/C22H23NO4/c1-15(24)20(22(26)16-8-4-3-5-9-16)21(23-13-7-12-19(23)25)17-10-6-11-18(14-17)27-2/h3-6,8-11,14,20-21H,7,12-13H2,1-2H3. The van der Waals surface area contributed by atoms with E-state index in [2.05, 4.69) is 0 Å². The molecule has 140 valence electrons. The van der Waals surface area contributed by atoms with Gasteiger partial charge in [0, 0.05) is 18.5 Å². The lowest BCUT2D eigenvalue weighted by molar-refractivity contribution is -0.132. The van der Waals surface area contributed by atoms with Crippen LogP contribution in [-0.2, 0) is 9.59 Å². The Bertz CT molecular complexity index is 846. The average molecular weight is 365 g/mol. The van der Waals surface area contributed by atoms with Gasteiger partial charge in [-0.15, -0.1) is 0 Å². The predicted molar refractivity (Wildman–Crippen MR) is 102 cm³/mol. The Morgan fingerprint density at radius 1 is 1.07 bits per heavy atom. The van der Waals surface area contributed by atoms with Gasteiger partial charge >= 0.3 is 0 Å². The number of Topliss-reactive ketones (excluding diaryl/α,β-unsaturated/α-hetero) is 2. The second-order valence-electron chi connectivity index (χ2n) is 6.73. The summed E-state index contributed by atoms with van der Waals surface area (Å²) < 4.78 is 5.31. The van der Waals surface area contributed by atoms with E-state index in [9.17, 15) is 14.4 Å². The number of ketones is 2. The first-order valence-corrected chi connectivity index (χ1v) is 9.06. The molecule has 0 spiro atoms. The molecule has 0 N–H and O–H groups in total. The summed E-state index contributed by atoms with van der Waals surface area (Å²) in [7, 11) is 1.56. The molecule has 1 aliphatic heterocycles. The van der Waals surface area contributed by atoms with Crippen molar-refractivity contribution >= 4 is 17.5 Å². The summed E-state index contributed by atoms with van der Waals surface area (Å²) in [6.07, 6.45) is 1.16. The Morgan fingerprint density at radius 2 is 1.81 bits per heavy atom. The maximum absolute atomic E-state index is 13.2. The van der Waals surface area contributed by atoms with Gasteiger partial charge in [-0.2, -0.15) is 0 Å². The molecule has 1 amide bonds. The number of carbonyl (C=O) groups excluding carboxylic acids is 3. The number of methoxy groups -OCH3 is 1. The van der Waals surface area contributed by atoms with Gasteiger partial charge in [0.25, 0.3) is 0 Å². The Balaban J connectivity index is 2.09. The Morgan fingerprint density at radius 3 is 2.41 bits per heavy atom. The van der Waals surface area contributed by atoms with E-state index in [1.807, 2.05) is 18.2 Å². The number of carbonyl (C=O) groups is 3. The van der Waals surface area contributed by atoms with Crippen molar-refractivity contribution in [1.29, 1.82) is 0 Å². The number of amides is 1. The molecule has 2 atom stereocenters. The highest BCUT2D eigenvalue weighted by atomic mass is 16.5. The summed E-state index contributed by atoms with van der Waals surface area (Å²) in [5, 5.41) is 0. The molecular formula is C22H23NO4. The van der Waals surface area contributed by atoms with Crippen LogP contribution in [0.2, 0.25) is 0 Å². The highest BCUT2D eigenvalue weighted by molar-refractivity contribution is 6.11. The topological polar surface area (TPSA) is 63.7 Å². The zero-order valence-corrected chi connectivity index (χ0v) is 15.6. The second-order valence-corrected chi connectivity index (χ2v) is 6.73. The van der Waals surface area contributed by atoms with Crippen molar-refractivity contribution in [2.24, 2.45) is 5.92 Å². The van der Waals surface area contributed by atoms with Crippen LogP contribution in [0, 0.1) is 5.92 Å². The summed E-state index contributed by atoms with van der Waals surface area (Å²) in [6.45, 7) is 1.95. The van der Waals surface area contributed by atoms with Crippen LogP contribution < -0.4 is 4.74 Å². The third-order valence-electron chi connectivity index (χ3n) is 4.98. The van der Waals surface area contributed by atoms with Crippen LogP contribution in [0.1, 0.15) is 41.7 Å². The summed E-state index contributed by atoms with van der Waals surface area (Å²) in [6, 6.07) is 15.4. The number of benzene rings is 2. The third kappa shape index (κ3) is 3.92. The Labute approximate surface area is 158 Å². The van der Waals surface area contributed by atoms with Gasteiger partial charge in [-0.1, -0.05) is 42.5 Å². The highest BCUT2D eigenvalue weighted by Crippen LogP contribution is 2.36. The fourth-order valence-electron chi connectivity index (χ4n) is 3.67. The molecular weight excluding hydrogens is 342 g/mol. The van der Waals surface area contributed by atoms with Crippen LogP contribution in [0.4, 0.5) is 0 Å². The maximum atomic E-state index is 13.2. The number of ether oxygens (including phenoxy) is 1. The van der Waals surface area contributed by atoms with E-state index in [-0.39, 0.29) is 17.5 Å². The lowest BCUT2D eigenvalue weighted by atomic mass is 9.83. The highest BCUT2D eigenvalue weighted by Gasteiger charge is 2.41. The normalized spacial score (nSPS) is 16.1. The van der Waals surface area contributed by atoms with Gasteiger partial charge in [0.05, 0.1) is 13.2 Å². The smallest absolute Gasteiger partial charge is 0.223 e. The molecule has 0 aliphatic carbocycles. The molecule has 0 saturated carbocycles. The Hall–Kier alpha value is -2.95. The van der Waals surface area contributed by atoms with E-state index in [0.717, 1.165) is 12.0 Å². The third-order valence-corrected chi connectivity index (χ3v) is 4.98. The number of hydrogen-bond acceptors (Lipinski definition) is 4. The minimum Gasteiger partial charge on any atom is -0.497 e. The minimum atomic E-state index is -0.957. The maximum Gasteiger partial charge on any atom is 0.223 e. The molecule has 0 bridgehead atoms. The van der Waals surface area contributed by atoms with Crippen LogP contribution in [0.25, 0.3) is 0 Å². The van der Waals surface area contributed by atoms with Crippen LogP contribution in [0.5, 0.6) is 5.75 Å². The van der Waals surface area contributed by atoms with Gasteiger partial charge < -0.3 is 9.64 Å². The van der Waals surface area contributed by atoms with E-state index >= 15 is 0 Å². The zero-order chi connectivity index (χ0) is 19.4. The number of rotatable bonds is 7. The van der Waals surface area contributed by atoms with Gasteiger partial charge in [0.2, 0.25) is 5.91 Å². The molecule has 2 aromatic carbocycles. The van der Waals surface area contributed by atoms with Crippen LogP contribution >= 0.6 is 0 Å². The molecule has 5 heteroatoms. The summed E-state index contributed by atoms with van der Waals surface area (Å²) in [5.74, 6) is -0.887. The van der Waals surface area contributed by atoms with Crippen molar-refractivity contribution < 1.29 is 19.1 Å². The van der Waals surface area contributed by atoms with Gasteiger partial charge in [0.15, 0.2) is 5.78 Å². The molecule has 3 rings (SSSR count). The lowest BCUT2D eigenvalue weighted by Crippen LogP contribution is -2.41. The van der Waals surface area contributed by atoms with Crippen molar-refractivity contribution in [1.82, 2.24) is 4.90 Å². The molecule has 5 nitrogen and oxygen atoms in total. The molecule has 0 aromatic heterocycles. The van der Waals surface area contributed by atoms with E-state index in [0.29, 0.717) is 24.3 Å². The van der Waals surface area contributed by atoms with Crippen LogP contribution in [0.15, 0.2) is 54.6 Å². The molecule has 1 heterocycles. The summed E-state index contributed by atoms with van der Waals surface area (Å²) in [4.78, 5) is 40.0. The monoisotopic (exact) mass is 365 g/mol. The van der Waals surface area contributed by atoms with E-state index in [1.54, 1.807) is 48.4 Å². The average Bonchev–Trinajstić information content (AvgIpc) is 3.11. The van der Waals surface area contributed by atoms with Crippen molar-refractivity contribution in [3.05, 3.63) is 65.7 Å². The van der Waals surface area contributed by atoms with Crippen molar-refractivity contribution in [3.8, 4) is 5.75 Å². The molecule has 0 radical (unpaired) electrons. The molecule has 1 aliphatic rings. The number of nitrogens with zero attached hydrogens (tertiary/aromatic N) is 1. The van der Waals surface area contributed by atoms with Crippen LogP contribution in [-0.4, -0.2) is 36.0 Å². The first-order chi connectivity index (χ1) is 13.0. The molecule has 27 heavy (non-hydrogen) atoms. The fourth-order valence-corrected chi connectivity index (χ4v) is 3.67. The van der Waals surface area contributed by atoms with Crippen molar-refractivity contribution in [3.63, 3.8) is 0 Å². The first kappa shape index (κ1) is 18.8. The van der Waals surface area contributed by atoms with Gasteiger partial charge in [-0.3, -0.25) is 14.4 Å². The summed E-state index contributed by atoms with van der Waals surface area (Å²) in [5.41, 5.74) is 1.20. The largest absolute Gasteiger partial charge is 0.497 e. The number of hydrogen-bond donors (Lipinski definition) is 0. The molecule has 2 aromatic rings. The zero-order valence-electron chi connectivity index (χ0n) is 15.6. The Kier molecular flexibility index (Phi) is 5.69. The van der Waals surface area contributed by atoms with Crippen molar-refractivity contribution in [2.75, 3.05) is 13.7 Å². The predicted octanol–water partition coefficient (Wildman–Crippen LogP) is 3.45. The van der Waals surface area contributed by atoms with E-state index < -0.39 is 12.0 Å². The SMILES string of the molecule is COc1cccc(C(C(C(C)=O)C(=O)c2ccccc2)N2CCCC2=O)c1. The van der Waals surface area contributed by atoms with E-state index in [1.165, 1.54) is 6.92 Å². The first-order valence-electron chi connectivity index (χ1n) is 9.06. The molecule has 2 unspecified atom stereocenters. The van der Waals surface area contributed by atoms with Gasteiger partial charge in [0.1, 0.15) is 17.5 Å². The number of likely N-dealkylation sites (tertiary alicyclic amines) is 1. The quantitative estimate of drug-likeness (QED) is 0.557.